The minimum Gasteiger partial charge on any atom is -0.371 e. The van der Waals surface area contributed by atoms with Crippen molar-refractivity contribution in [3.8, 4) is 0 Å². The summed E-state index contributed by atoms with van der Waals surface area (Å²) in [6.45, 7) is 2.79. The van der Waals surface area contributed by atoms with Crippen LogP contribution in [0.4, 0.5) is 4.39 Å². The Morgan fingerprint density at radius 2 is 1.91 bits per heavy atom. The maximum atomic E-state index is 13.3. The SMILES string of the molecule is Cc1ccc(C2CN(S(=O)(=O)c3cccc(F)c3)CCO2)cc1. The summed E-state index contributed by atoms with van der Waals surface area (Å²) in [5.41, 5.74) is 2.07. The molecule has 3 rings (SSSR count). The monoisotopic (exact) mass is 335 g/mol. The zero-order chi connectivity index (χ0) is 16.4. The molecular formula is C17H18FNO3S. The molecule has 122 valence electrons. The molecule has 0 aliphatic carbocycles. The van der Waals surface area contributed by atoms with Gasteiger partial charge < -0.3 is 4.74 Å². The van der Waals surface area contributed by atoms with Crippen LogP contribution in [-0.4, -0.2) is 32.4 Å². The lowest BCUT2D eigenvalue weighted by Crippen LogP contribution is -2.42. The third kappa shape index (κ3) is 3.44. The van der Waals surface area contributed by atoms with Gasteiger partial charge in [0.25, 0.3) is 0 Å². The summed E-state index contributed by atoms with van der Waals surface area (Å²) in [6.07, 6.45) is -0.312. The summed E-state index contributed by atoms with van der Waals surface area (Å²) < 4.78 is 45.8. The van der Waals surface area contributed by atoms with Gasteiger partial charge >= 0.3 is 0 Å². The van der Waals surface area contributed by atoms with E-state index >= 15 is 0 Å². The van der Waals surface area contributed by atoms with Crippen LogP contribution >= 0.6 is 0 Å². The van der Waals surface area contributed by atoms with Crippen LogP contribution in [0.15, 0.2) is 53.4 Å². The van der Waals surface area contributed by atoms with Crippen LogP contribution in [0.5, 0.6) is 0 Å². The van der Waals surface area contributed by atoms with Crippen molar-refractivity contribution < 1.29 is 17.5 Å². The maximum Gasteiger partial charge on any atom is 0.243 e. The first-order valence-electron chi connectivity index (χ1n) is 7.41. The second-order valence-electron chi connectivity index (χ2n) is 5.59. The molecule has 1 atom stereocenters. The molecule has 0 amide bonds. The van der Waals surface area contributed by atoms with Crippen molar-refractivity contribution in [2.45, 2.75) is 17.9 Å². The zero-order valence-electron chi connectivity index (χ0n) is 12.8. The summed E-state index contributed by atoms with van der Waals surface area (Å²) in [4.78, 5) is -0.0259. The molecule has 0 radical (unpaired) electrons. The summed E-state index contributed by atoms with van der Waals surface area (Å²) in [7, 11) is -3.72. The van der Waals surface area contributed by atoms with Crippen LogP contribution in [0.25, 0.3) is 0 Å². The van der Waals surface area contributed by atoms with E-state index in [1.165, 1.54) is 22.5 Å². The van der Waals surface area contributed by atoms with E-state index in [4.69, 9.17) is 4.74 Å². The van der Waals surface area contributed by atoms with E-state index in [0.717, 1.165) is 17.2 Å². The van der Waals surface area contributed by atoms with E-state index in [-0.39, 0.29) is 24.1 Å². The highest BCUT2D eigenvalue weighted by atomic mass is 32.2. The number of aryl methyl sites for hydroxylation is 1. The zero-order valence-corrected chi connectivity index (χ0v) is 13.6. The van der Waals surface area contributed by atoms with Gasteiger partial charge in [-0.05, 0) is 30.7 Å². The highest BCUT2D eigenvalue weighted by Crippen LogP contribution is 2.26. The number of morpholine rings is 1. The largest absolute Gasteiger partial charge is 0.371 e. The molecule has 2 aromatic rings. The average molecular weight is 335 g/mol. The van der Waals surface area contributed by atoms with Gasteiger partial charge in [0.15, 0.2) is 0 Å². The number of rotatable bonds is 3. The number of halogens is 1. The topological polar surface area (TPSA) is 46.6 Å². The fraction of sp³-hybridized carbons (Fsp3) is 0.294. The van der Waals surface area contributed by atoms with Crippen LogP contribution in [0.1, 0.15) is 17.2 Å². The highest BCUT2D eigenvalue weighted by Gasteiger charge is 2.31. The van der Waals surface area contributed by atoms with Gasteiger partial charge in [0.05, 0.1) is 17.6 Å². The van der Waals surface area contributed by atoms with Crippen molar-refractivity contribution in [1.82, 2.24) is 4.31 Å². The predicted octanol–water partition coefficient (Wildman–Crippen LogP) is 2.90. The van der Waals surface area contributed by atoms with Crippen LogP contribution in [0.3, 0.4) is 0 Å². The first-order valence-corrected chi connectivity index (χ1v) is 8.85. The molecule has 1 fully saturated rings. The number of benzene rings is 2. The number of nitrogens with zero attached hydrogens (tertiary/aromatic N) is 1. The van der Waals surface area contributed by atoms with Crippen molar-refractivity contribution >= 4 is 10.0 Å². The quantitative estimate of drug-likeness (QED) is 0.866. The second kappa shape index (κ2) is 6.39. The predicted molar refractivity (Wildman–Crippen MR) is 85.0 cm³/mol. The fourth-order valence-electron chi connectivity index (χ4n) is 2.60. The minimum atomic E-state index is -3.72. The third-order valence-electron chi connectivity index (χ3n) is 3.91. The summed E-state index contributed by atoms with van der Waals surface area (Å²) in [5, 5.41) is 0. The van der Waals surface area contributed by atoms with Gasteiger partial charge in [-0.2, -0.15) is 4.31 Å². The second-order valence-corrected chi connectivity index (χ2v) is 7.53. The molecule has 6 heteroatoms. The van der Waals surface area contributed by atoms with Gasteiger partial charge in [0.1, 0.15) is 5.82 Å². The molecule has 1 unspecified atom stereocenters. The standard InChI is InChI=1S/C17H18FNO3S/c1-13-5-7-14(8-6-13)17-12-19(9-10-22-17)23(20,21)16-4-2-3-15(18)11-16/h2-8,11,17H,9-10,12H2,1H3. The molecular weight excluding hydrogens is 317 g/mol. The molecule has 0 spiro atoms. The Labute approximate surface area is 135 Å². The Morgan fingerprint density at radius 3 is 2.61 bits per heavy atom. The van der Waals surface area contributed by atoms with Gasteiger partial charge in [-0.15, -0.1) is 0 Å². The Morgan fingerprint density at radius 1 is 1.17 bits per heavy atom. The fourth-order valence-corrected chi connectivity index (χ4v) is 4.06. The van der Waals surface area contributed by atoms with Gasteiger partial charge in [-0.1, -0.05) is 35.9 Å². The molecule has 0 aromatic heterocycles. The molecule has 1 aliphatic rings. The van der Waals surface area contributed by atoms with Crippen molar-refractivity contribution in [1.29, 1.82) is 0 Å². The van der Waals surface area contributed by atoms with Crippen molar-refractivity contribution in [2.75, 3.05) is 19.7 Å². The molecule has 23 heavy (non-hydrogen) atoms. The van der Waals surface area contributed by atoms with E-state index in [1.54, 1.807) is 0 Å². The Bertz CT molecular complexity index is 790. The van der Waals surface area contributed by atoms with Gasteiger partial charge in [0.2, 0.25) is 10.0 Å². The lowest BCUT2D eigenvalue weighted by Gasteiger charge is -2.32. The van der Waals surface area contributed by atoms with E-state index in [1.807, 2.05) is 31.2 Å². The van der Waals surface area contributed by atoms with Crippen molar-refractivity contribution in [2.24, 2.45) is 0 Å². The number of sulfonamides is 1. The Hall–Kier alpha value is -1.76. The highest BCUT2D eigenvalue weighted by molar-refractivity contribution is 7.89. The van der Waals surface area contributed by atoms with E-state index in [9.17, 15) is 12.8 Å². The molecule has 0 saturated carbocycles. The Kier molecular flexibility index (Phi) is 4.48. The molecule has 1 heterocycles. The van der Waals surface area contributed by atoms with Crippen LogP contribution in [0.2, 0.25) is 0 Å². The first-order chi connectivity index (χ1) is 11.0. The lowest BCUT2D eigenvalue weighted by molar-refractivity contribution is -0.00256. The summed E-state index contributed by atoms with van der Waals surface area (Å²) in [6, 6.07) is 12.9. The van der Waals surface area contributed by atoms with Gasteiger partial charge in [0, 0.05) is 13.1 Å². The smallest absolute Gasteiger partial charge is 0.243 e. The summed E-state index contributed by atoms with van der Waals surface area (Å²) in [5.74, 6) is -0.561. The average Bonchev–Trinajstić information content (AvgIpc) is 2.56. The van der Waals surface area contributed by atoms with Crippen molar-refractivity contribution in [3.05, 3.63) is 65.5 Å². The van der Waals surface area contributed by atoms with Crippen molar-refractivity contribution in [3.63, 3.8) is 0 Å². The molecule has 1 saturated heterocycles. The number of hydrogen-bond donors (Lipinski definition) is 0. The summed E-state index contributed by atoms with van der Waals surface area (Å²) >= 11 is 0. The molecule has 4 nitrogen and oxygen atoms in total. The molecule has 0 N–H and O–H groups in total. The molecule has 1 aliphatic heterocycles. The van der Waals surface area contributed by atoms with E-state index < -0.39 is 15.8 Å². The maximum absolute atomic E-state index is 13.3. The molecule has 0 bridgehead atoms. The van der Waals surface area contributed by atoms with Gasteiger partial charge in [-0.3, -0.25) is 0 Å². The normalized spacial score (nSPS) is 19.7. The van der Waals surface area contributed by atoms with Gasteiger partial charge in [-0.25, -0.2) is 12.8 Å². The van der Waals surface area contributed by atoms with Crippen LogP contribution < -0.4 is 0 Å². The lowest BCUT2D eigenvalue weighted by atomic mass is 10.1. The van der Waals surface area contributed by atoms with Crippen LogP contribution in [0, 0.1) is 12.7 Å². The first kappa shape index (κ1) is 16.1. The minimum absolute atomic E-state index is 0.0259. The number of ether oxygens (including phenoxy) is 1. The van der Waals surface area contributed by atoms with E-state index in [0.29, 0.717) is 6.61 Å². The van der Waals surface area contributed by atoms with E-state index in [2.05, 4.69) is 0 Å². The third-order valence-corrected chi connectivity index (χ3v) is 5.77. The Balaban J connectivity index is 1.84. The van der Waals surface area contributed by atoms with Crippen LogP contribution in [-0.2, 0) is 14.8 Å². The molecule has 2 aromatic carbocycles. The number of hydrogen-bond acceptors (Lipinski definition) is 3.